The van der Waals surface area contributed by atoms with Crippen molar-refractivity contribution >= 4 is 19.7 Å². The summed E-state index contributed by atoms with van der Waals surface area (Å²) in [5, 5.41) is 3.05. The Labute approximate surface area is 563 Å². The second-order valence-electron chi connectivity index (χ2n) is 26.4. The summed E-state index contributed by atoms with van der Waals surface area (Å²) in [6.07, 6.45) is 97.5. The zero-order valence-electron chi connectivity index (χ0n) is 60.0. The number of amides is 1. The summed E-state index contributed by atoms with van der Waals surface area (Å²) < 4.78 is 30.5. The van der Waals surface area contributed by atoms with E-state index in [1.54, 1.807) is 0 Å². The lowest BCUT2D eigenvalue weighted by molar-refractivity contribution is -0.870. The molecule has 91 heavy (non-hydrogen) atoms. The summed E-state index contributed by atoms with van der Waals surface area (Å²) in [5.41, 5.74) is 0. The number of nitrogens with zero attached hydrogens (tertiary/aromatic N) is 1. The quantitative estimate of drug-likeness (QED) is 0.0212. The molecule has 0 spiro atoms. The van der Waals surface area contributed by atoms with Crippen molar-refractivity contribution in [2.45, 2.75) is 341 Å². The van der Waals surface area contributed by atoms with Crippen LogP contribution in [0.4, 0.5) is 0 Å². The summed E-state index contributed by atoms with van der Waals surface area (Å²) in [7, 11) is 1.17. The Morgan fingerprint density at radius 3 is 1.08 bits per heavy atom. The molecule has 3 unspecified atom stereocenters. The summed E-state index contributed by atoms with van der Waals surface area (Å²) in [6, 6.07) is -0.902. The predicted molar refractivity (Wildman–Crippen MR) is 394 cm³/mol. The molecule has 0 aliphatic rings. The number of ether oxygens (including phenoxy) is 1. The minimum Gasteiger partial charge on any atom is -0.756 e. The van der Waals surface area contributed by atoms with Gasteiger partial charge in [-0.25, -0.2) is 0 Å². The molecule has 0 aromatic heterocycles. The first kappa shape index (κ1) is 87.4. The van der Waals surface area contributed by atoms with E-state index in [9.17, 15) is 19.0 Å². The van der Waals surface area contributed by atoms with Gasteiger partial charge in [0.05, 0.1) is 33.8 Å². The largest absolute Gasteiger partial charge is 0.756 e. The third-order valence-corrected chi connectivity index (χ3v) is 17.3. The van der Waals surface area contributed by atoms with E-state index in [4.69, 9.17) is 13.8 Å². The summed E-state index contributed by atoms with van der Waals surface area (Å²) in [5.74, 6) is -0.549. The summed E-state index contributed by atoms with van der Waals surface area (Å²) in [6.45, 7) is 6.72. The van der Waals surface area contributed by atoms with Crippen molar-refractivity contribution in [2.24, 2.45) is 0 Å². The van der Waals surface area contributed by atoms with Crippen molar-refractivity contribution in [2.75, 3.05) is 40.9 Å². The first-order chi connectivity index (χ1) is 44.4. The fraction of sp³-hybridized carbons (Fsp3) is 0.728. The first-order valence-electron chi connectivity index (χ1n) is 37.8. The van der Waals surface area contributed by atoms with Gasteiger partial charge in [0, 0.05) is 12.8 Å². The number of unbranched alkanes of at least 4 members (excludes halogenated alkanes) is 34. The van der Waals surface area contributed by atoms with Crippen LogP contribution in [0.5, 0.6) is 0 Å². The van der Waals surface area contributed by atoms with Crippen LogP contribution in [0.2, 0.25) is 0 Å². The highest BCUT2D eigenvalue weighted by Crippen LogP contribution is 2.38. The van der Waals surface area contributed by atoms with E-state index < -0.39 is 26.6 Å². The molecule has 0 radical (unpaired) electrons. The van der Waals surface area contributed by atoms with Gasteiger partial charge >= 0.3 is 5.97 Å². The number of rotatable bonds is 68. The molecule has 0 aromatic rings. The normalized spacial score (nSPS) is 14.1. The zero-order chi connectivity index (χ0) is 66.3. The van der Waals surface area contributed by atoms with Crippen LogP contribution in [0, 0.1) is 0 Å². The van der Waals surface area contributed by atoms with Gasteiger partial charge in [0.25, 0.3) is 7.82 Å². The highest BCUT2D eigenvalue weighted by molar-refractivity contribution is 7.45. The lowest BCUT2D eigenvalue weighted by Gasteiger charge is -2.30. The molecule has 9 nitrogen and oxygen atoms in total. The van der Waals surface area contributed by atoms with Crippen LogP contribution in [-0.2, 0) is 27.9 Å². The SMILES string of the molecule is CC/C=C\C/C=C\C/C=C\C/C=C\C/C=C\CCCCCCCCCCCCCC(=O)NC(COP(=O)([O-])OCC[N+](C)(C)C)C(/C=C/CCCCCCCCCCCCC)OC(=O)CCCCCCCCCCC/C=C\C/C=C\C/C=C\C/C=C\CCCCC. The van der Waals surface area contributed by atoms with Crippen LogP contribution in [0.25, 0.3) is 0 Å². The van der Waals surface area contributed by atoms with Crippen LogP contribution in [0.3, 0.4) is 0 Å². The second-order valence-corrected chi connectivity index (χ2v) is 27.8. The number of nitrogens with one attached hydrogen (secondary N) is 1. The van der Waals surface area contributed by atoms with E-state index in [-0.39, 0.29) is 24.9 Å². The van der Waals surface area contributed by atoms with Crippen molar-refractivity contribution in [3.05, 3.63) is 122 Å². The van der Waals surface area contributed by atoms with Crippen molar-refractivity contribution in [3.63, 3.8) is 0 Å². The maximum atomic E-state index is 13.6. The first-order valence-corrected chi connectivity index (χ1v) is 39.3. The molecule has 0 aliphatic carbocycles. The number of allylic oxidation sites excluding steroid dienone is 19. The highest BCUT2D eigenvalue weighted by Gasteiger charge is 2.27. The number of phosphoric ester groups is 1. The topological polar surface area (TPSA) is 114 Å². The molecule has 0 saturated carbocycles. The van der Waals surface area contributed by atoms with Crippen molar-refractivity contribution < 1.29 is 37.3 Å². The minimum absolute atomic E-state index is 0.0289. The van der Waals surface area contributed by atoms with E-state index in [2.05, 4.69) is 135 Å². The lowest BCUT2D eigenvalue weighted by atomic mass is 10.0. The number of carbonyl (C=O) groups excluding carboxylic acids is 2. The monoisotopic (exact) mass is 1290 g/mol. The van der Waals surface area contributed by atoms with Gasteiger partial charge in [-0.2, -0.15) is 0 Å². The van der Waals surface area contributed by atoms with Gasteiger partial charge in [-0.3, -0.25) is 14.2 Å². The van der Waals surface area contributed by atoms with Crippen LogP contribution < -0.4 is 10.2 Å². The van der Waals surface area contributed by atoms with Gasteiger partial charge in [-0.1, -0.05) is 316 Å². The Morgan fingerprint density at radius 2 is 0.703 bits per heavy atom. The van der Waals surface area contributed by atoms with Gasteiger partial charge in [0.2, 0.25) is 5.91 Å². The Balaban J connectivity index is 5.07. The number of carbonyl (C=O) groups is 2. The van der Waals surface area contributed by atoms with Crippen LogP contribution in [0.15, 0.2) is 122 Å². The predicted octanol–water partition coefficient (Wildman–Crippen LogP) is 23.9. The average Bonchev–Trinajstić information content (AvgIpc) is 3.45. The van der Waals surface area contributed by atoms with Crippen LogP contribution in [0.1, 0.15) is 329 Å². The van der Waals surface area contributed by atoms with E-state index >= 15 is 0 Å². The van der Waals surface area contributed by atoms with Gasteiger partial charge in [0.1, 0.15) is 19.3 Å². The van der Waals surface area contributed by atoms with Crippen molar-refractivity contribution in [1.82, 2.24) is 5.32 Å². The van der Waals surface area contributed by atoms with Gasteiger partial charge in [-0.15, -0.1) is 0 Å². The average molecular weight is 1290 g/mol. The Morgan fingerprint density at radius 1 is 0.396 bits per heavy atom. The third kappa shape index (κ3) is 70.6. The molecule has 1 amide bonds. The summed E-state index contributed by atoms with van der Waals surface area (Å²) in [4.78, 5) is 40.3. The highest BCUT2D eigenvalue weighted by atomic mass is 31.2. The molecule has 0 heterocycles. The minimum atomic E-state index is -4.72. The number of hydrogen-bond acceptors (Lipinski definition) is 7. The Bertz CT molecular complexity index is 1970. The molecule has 0 aliphatic heterocycles. The number of hydrogen-bond donors (Lipinski definition) is 1. The smallest absolute Gasteiger partial charge is 0.306 e. The zero-order valence-corrected chi connectivity index (χ0v) is 60.9. The molecule has 0 rings (SSSR count). The Hall–Kier alpha value is -3.59. The molecule has 0 aromatic carbocycles. The maximum absolute atomic E-state index is 13.6. The summed E-state index contributed by atoms with van der Waals surface area (Å²) >= 11 is 0. The molecular formula is C81H143N2O7P. The number of phosphoric acid groups is 1. The van der Waals surface area contributed by atoms with E-state index in [1.165, 1.54) is 161 Å². The van der Waals surface area contributed by atoms with E-state index in [0.717, 1.165) is 135 Å². The third-order valence-electron chi connectivity index (χ3n) is 16.4. The Kier molecular flexibility index (Phi) is 66.5. The van der Waals surface area contributed by atoms with Gasteiger partial charge in [-0.05, 0) is 122 Å². The molecule has 10 heteroatoms. The fourth-order valence-corrected chi connectivity index (χ4v) is 11.3. The molecule has 0 fully saturated rings. The van der Waals surface area contributed by atoms with E-state index in [0.29, 0.717) is 17.4 Å². The van der Waals surface area contributed by atoms with Crippen LogP contribution >= 0.6 is 7.82 Å². The number of esters is 1. The van der Waals surface area contributed by atoms with Crippen LogP contribution in [-0.4, -0.2) is 69.4 Å². The standard InChI is InChI=1S/C81H143N2O7P/c1-7-10-13-16-19-22-25-28-30-32-34-36-38-40-41-43-44-46-48-50-52-55-58-61-64-67-70-73-80(84)82-78(77-89-91(86,87)88-76-75-83(4,5)6)79(72-69-66-63-60-57-54-27-24-21-18-15-12-9-3)90-81(85)74-71-68-65-62-59-56-53-51-49-47-45-42-39-37-35-33-31-29-26-23-20-17-14-11-8-2/h10,13,19-20,22-23,28-31,34-37,40-42,45,69,72,78-79H,7-9,11-12,14-18,21,24-27,32-33,38-39,43-44,46-68,70-71,73-77H2,1-6H3,(H-,82,84,86,87)/b13-10-,22-19-,23-20-,30-28-,31-29-,36-34-,37-35-,41-40-,45-42-,72-69+. The fourth-order valence-electron chi connectivity index (χ4n) is 10.6. The molecule has 3 atom stereocenters. The maximum Gasteiger partial charge on any atom is 0.306 e. The van der Waals surface area contributed by atoms with E-state index in [1.807, 2.05) is 33.3 Å². The molecule has 0 bridgehead atoms. The van der Waals surface area contributed by atoms with Crippen molar-refractivity contribution in [3.8, 4) is 0 Å². The lowest BCUT2D eigenvalue weighted by Crippen LogP contribution is -2.47. The number of likely N-dealkylation sites (N-methyl/N-ethyl adjacent to an activating group) is 1. The molecule has 1 N–H and O–H groups in total. The molecule has 0 saturated heterocycles. The van der Waals surface area contributed by atoms with Gasteiger partial charge in [0.15, 0.2) is 0 Å². The van der Waals surface area contributed by atoms with Crippen molar-refractivity contribution in [1.29, 1.82) is 0 Å². The second kappa shape index (κ2) is 69.2. The molecular weight excluding hydrogens is 1140 g/mol. The van der Waals surface area contributed by atoms with Gasteiger partial charge < -0.3 is 28.5 Å². The number of quaternary nitrogens is 1. The molecule has 524 valence electrons.